The van der Waals surface area contributed by atoms with Crippen LogP contribution in [0.25, 0.3) is 11.1 Å². The van der Waals surface area contributed by atoms with Gasteiger partial charge in [-0.15, -0.1) is 0 Å². The minimum absolute atomic E-state index is 0.173. The smallest absolute Gasteiger partial charge is 0.255 e. The van der Waals surface area contributed by atoms with E-state index in [1.165, 1.54) is 0 Å². The molecule has 1 amide bonds. The van der Waals surface area contributed by atoms with Crippen molar-refractivity contribution in [3.63, 3.8) is 0 Å². The number of nitrogens with one attached hydrogen (secondary N) is 1. The molecule has 2 aromatic carbocycles. The monoisotopic (exact) mass is 427 g/mol. The van der Waals surface area contributed by atoms with Crippen LogP contribution in [0, 0.1) is 0 Å². The molecular formula is C25H25N5O2. The quantitative estimate of drug-likeness (QED) is 0.447. The minimum Gasteiger partial charge on any atom is -0.383 e. The highest BCUT2D eigenvalue weighted by molar-refractivity contribution is 5.99. The molecule has 0 aliphatic rings. The molecule has 0 radical (unpaired) electrons. The van der Waals surface area contributed by atoms with E-state index in [1.54, 1.807) is 23.1 Å². The van der Waals surface area contributed by atoms with Gasteiger partial charge in [-0.3, -0.25) is 9.48 Å². The highest BCUT2D eigenvalue weighted by Gasteiger charge is 2.19. The van der Waals surface area contributed by atoms with Crippen LogP contribution in [0.3, 0.4) is 0 Å². The maximum atomic E-state index is 13.2. The molecule has 0 bridgehead atoms. The van der Waals surface area contributed by atoms with Gasteiger partial charge in [0.1, 0.15) is 5.82 Å². The number of pyridine rings is 1. The van der Waals surface area contributed by atoms with Crippen LogP contribution >= 0.6 is 0 Å². The molecule has 0 unspecified atom stereocenters. The second-order valence-electron chi connectivity index (χ2n) is 7.50. The number of ether oxygens (including phenoxy) is 1. The topological polar surface area (TPSA) is 95.1 Å². The van der Waals surface area contributed by atoms with E-state index in [9.17, 15) is 4.79 Å². The lowest BCUT2D eigenvalue weighted by molar-refractivity contribution is 0.0797. The molecule has 0 fully saturated rings. The second kappa shape index (κ2) is 9.89. The van der Waals surface area contributed by atoms with Crippen molar-refractivity contribution in [1.29, 1.82) is 0 Å². The summed E-state index contributed by atoms with van der Waals surface area (Å²) in [6.45, 7) is 0.778. The Balaban J connectivity index is 1.52. The predicted octanol–water partition coefficient (Wildman–Crippen LogP) is 3.75. The largest absolute Gasteiger partial charge is 0.383 e. The van der Waals surface area contributed by atoms with Crippen LogP contribution in [0.5, 0.6) is 0 Å². The Labute approximate surface area is 186 Å². The Morgan fingerprint density at radius 1 is 1.06 bits per heavy atom. The minimum atomic E-state index is -0.339. The number of rotatable bonds is 8. The summed E-state index contributed by atoms with van der Waals surface area (Å²) in [7, 11) is 1.84. The lowest BCUT2D eigenvalue weighted by Crippen LogP contribution is -2.32. The SMILES string of the molecule is Cn1cc(-c2cnc(N)c(C(=O)N[C@@H](COCc3ccccc3)c3ccccc3)c2)cn1. The number of aromatic nitrogens is 3. The summed E-state index contributed by atoms with van der Waals surface area (Å²) >= 11 is 0. The molecule has 162 valence electrons. The van der Waals surface area contributed by atoms with Gasteiger partial charge in [-0.1, -0.05) is 60.7 Å². The fraction of sp³-hybridized carbons (Fsp3) is 0.160. The molecule has 0 saturated heterocycles. The normalized spacial score (nSPS) is 11.8. The Hall–Kier alpha value is -3.97. The zero-order chi connectivity index (χ0) is 22.3. The molecule has 2 aromatic heterocycles. The average Bonchev–Trinajstić information content (AvgIpc) is 3.26. The summed E-state index contributed by atoms with van der Waals surface area (Å²) in [5.74, 6) is -0.134. The third-order valence-electron chi connectivity index (χ3n) is 5.10. The zero-order valence-electron chi connectivity index (χ0n) is 17.8. The van der Waals surface area contributed by atoms with E-state index in [-0.39, 0.29) is 17.8 Å². The van der Waals surface area contributed by atoms with E-state index in [0.29, 0.717) is 18.8 Å². The molecule has 4 rings (SSSR count). The Kier molecular flexibility index (Phi) is 6.57. The summed E-state index contributed by atoms with van der Waals surface area (Å²) < 4.78 is 7.62. The molecule has 0 spiro atoms. The molecular weight excluding hydrogens is 402 g/mol. The van der Waals surface area contributed by atoms with Crippen molar-refractivity contribution in [2.45, 2.75) is 12.6 Å². The van der Waals surface area contributed by atoms with Crippen LogP contribution in [-0.2, 0) is 18.4 Å². The van der Waals surface area contributed by atoms with Crippen molar-refractivity contribution in [1.82, 2.24) is 20.1 Å². The zero-order valence-corrected chi connectivity index (χ0v) is 17.8. The van der Waals surface area contributed by atoms with Crippen molar-refractivity contribution >= 4 is 11.7 Å². The van der Waals surface area contributed by atoms with Gasteiger partial charge >= 0.3 is 0 Å². The van der Waals surface area contributed by atoms with Gasteiger partial charge < -0.3 is 15.8 Å². The summed E-state index contributed by atoms with van der Waals surface area (Å²) in [6.07, 6.45) is 5.22. The van der Waals surface area contributed by atoms with Crippen LogP contribution in [0.1, 0.15) is 27.5 Å². The summed E-state index contributed by atoms with van der Waals surface area (Å²) in [4.78, 5) is 17.4. The predicted molar refractivity (Wildman–Crippen MR) is 124 cm³/mol. The third kappa shape index (κ3) is 5.19. The van der Waals surface area contributed by atoms with Crippen LogP contribution in [0.2, 0.25) is 0 Å². The number of hydrogen-bond donors (Lipinski definition) is 2. The first-order chi connectivity index (χ1) is 15.6. The van der Waals surface area contributed by atoms with Crippen molar-refractivity contribution < 1.29 is 9.53 Å². The van der Waals surface area contributed by atoms with Crippen molar-refractivity contribution in [2.24, 2.45) is 7.05 Å². The average molecular weight is 428 g/mol. The van der Waals surface area contributed by atoms with Gasteiger partial charge in [-0.2, -0.15) is 5.10 Å². The second-order valence-corrected chi connectivity index (χ2v) is 7.50. The van der Waals surface area contributed by atoms with Gasteiger partial charge in [-0.05, 0) is 17.2 Å². The Morgan fingerprint density at radius 3 is 2.47 bits per heavy atom. The van der Waals surface area contributed by atoms with E-state index in [2.05, 4.69) is 15.4 Å². The van der Waals surface area contributed by atoms with Crippen molar-refractivity contribution in [3.05, 3.63) is 102 Å². The van der Waals surface area contributed by atoms with E-state index in [0.717, 1.165) is 22.3 Å². The molecule has 4 aromatic rings. The van der Waals surface area contributed by atoms with Crippen LogP contribution in [0.4, 0.5) is 5.82 Å². The molecule has 7 heteroatoms. The molecule has 1 atom stereocenters. The first-order valence-electron chi connectivity index (χ1n) is 10.3. The summed E-state index contributed by atoms with van der Waals surface area (Å²) in [5, 5.41) is 7.23. The molecule has 32 heavy (non-hydrogen) atoms. The van der Waals surface area contributed by atoms with Crippen LogP contribution < -0.4 is 11.1 Å². The lowest BCUT2D eigenvalue weighted by atomic mass is 10.1. The van der Waals surface area contributed by atoms with E-state index < -0.39 is 0 Å². The number of nitrogens with zero attached hydrogens (tertiary/aromatic N) is 3. The number of carbonyl (C=O) groups is 1. The number of nitrogen functional groups attached to an aromatic ring is 1. The maximum absolute atomic E-state index is 13.2. The Bertz CT molecular complexity index is 1180. The molecule has 0 aliphatic heterocycles. The molecule has 3 N–H and O–H groups in total. The number of hydrogen-bond acceptors (Lipinski definition) is 5. The highest BCUT2D eigenvalue weighted by Crippen LogP contribution is 2.22. The van der Waals surface area contributed by atoms with Gasteiger partial charge in [0.2, 0.25) is 0 Å². The Morgan fingerprint density at radius 2 is 1.78 bits per heavy atom. The molecule has 7 nitrogen and oxygen atoms in total. The number of anilines is 1. The standard InChI is InChI=1S/C25H25N5O2/c1-30-15-21(14-28-30)20-12-22(24(26)27-13-20)25(31)29-23(19-10-6-3-7-11-19)17-32-16-18-8-4-2-5-9-18/h2-15,23H,16-17H2,1H3,(H2,26,27)(H,29,31)/t23-/m0/s1. The van der Waals surface area contributed by atoms with Crippen molar-refractivity contribution in [3.8, 4) is 11.1 Å². The number of nitrogens with two attached hydrogens (primary N) is 1. The maximum Gasteiger partial charge on any atom is 0.255 e. The summed E-state index contributed by atoms with van der Waals surface area (Å²) in [5.41, 5.74) is 10.0. The number of carbonyl (C=O) groups excluding carboxylic acids is 1. The molecule has 2 heterocycles. The van der Waals surface area contributed by atoms with Gasteiger partial charge in [0.15, 0.2) is 0 Å². The first-order valence-corrected chi connectivity index (χ1v) is 10.3. The van der Waals surface area contributed by atoms with Gasteiger partial charge in [0, 0.05) is 30.6 Å². The van der Waals surface area contributed by atoms with Gasteiger partial charge in [0.05, 0.1) is 31.0 Å². The van der Waals surface area contributed by atoms with Gasteiger partial charge in [-0.25, -0.2) is 4.98 Å². The van der Waals surface area contributed by atoms with Crippen LogP contribution in [-0.4, -0.2) is 27.3 Å². The molecule has 0 aliphatic carbocycles. The van der Waals surface area contributed by atoms with Crippen molar-refractivity contribution in [2.75, 3.05) is 12.3 Å². The highest BCUT2D eigenvalue weighted by atomic mass is 16.5. The van der Waals surface area contributed by atoms with E-state index in [1.807, 2.05) is 73.9 Å². The number of amides is 1. The number of benzene rings is 2. The lowest BCUT2D eigenvalue weighted by Gasteiger charge is -2.20. The first kappa shape index (κ1) is 21.3. The number of aryl methyl sites for hydroxylation is 1. The van der Waals surface area contributed by atoms with Crippen LogP contribution in [0.15, 0.2) is 85.3 Å². The van der Waals surface area contributed by atoms with E-state index in [4.69, 9.17) is 10.5 Å². The molecule has 0 saturated carbocycles. The van der Waals surface area contributed by atoms with Gasteiger partial charge in [0.25, 0.3) is 5.91 Å². The fourth-order valence-electron chi connectivity index (χ4n) is 3.40. The fourth-order valence-corrected chi connectivity index (χ4v) is 3.40. The summed E-state index contributed by atoms with van der Waals surface area (Å²) in [6, 6.07) is 21.1. The van der Waals surface area contributed by atoms with E-state index >= 15 is 0 Å². The third-order valence-corrected chi connectivity index (χ3v) is 5.10.